The Kier molecular flexibility index (Phi) is 14.3. The van der Waals surface area contributed by atoms with Gasteiger partial charge in [-0.25, -0.2) is 0 Å². The van der Waals surface area contributed by atoms with Gasteiger partial charge in [-0.15, -0.1) is 0 Å². The molecule has 0 heterocycles. The maximum Gasteiger partial charge on any atom is 0.500 e. The molecule has 254 valence electrons. The smallest absolute Gasteiger partial charge is 0.377 e. The Hall–Kier alpha value is 0.171. The molecular formula is C28H58O12Si3. The van der Waals surface area contributed by atoms with Crippen molar-refractivity contribution in [3.05, 3.63) is 0 Å². The zero-order chi connectivity index (χ0) is 31.7. The summed E-state index contributed by atoms with van der Waals surface area (Å²) in [7, 11) is 6.91. The summed E-state index contributed by atoms with van der Waals surface area (Å²) < 4.78 is 71.1. The molecule has 15 heteroatoms. The summed E-state index contributed by atoms with van der Waals surface area (Å²) in [6, 6.07) is 2.11. The predicted molar refractivity (Wildman–Crippen MR) is 166 cm³/mol. The number of rotatable bonds is 24. The molecule has 0 atom stereocenters. The molecule has 4 saturated carbocycles. The molecule has 0 spiro atoms. The molecule has 4 rings (SSSR count). The van der Waals surface area contributed by atoms with Gasteiger partial charge < -0.3 is 54.0 Å². The van der Waals surface area contributed by atoms with E-state index in [1.165, 1.54) is 0 Å². The fourth-order valence-corrected chi connectivity index (χ4v) is 13.1. The molecule has 0 aromatic rings. The third-order valence-electron chi connectivity index (χ3n) is 9.82. The highest BCUT2D eigenvalue weighted by Gasteiger charge is 2.65. The van der Waals surface area contributed by atoms with Gasteiger partial charge in [0.2, 0.25) is 0 Å². The summed E-state index contributed by atoms with van der Waals surface area (Å²) in [5, 5.41) is 0. The second-order valence-corrected chi connectivity index (χ2v) is 21.6. The minimum atomic E-state index is -2.65. The molecule has 0 aromatic heterocycles. The van der Waals surface area contributed by atoms with Crippen molar-refractivity contribution in [2.75, 3.05) is 83.8 Å². The summed E-state index contributed by atoms with van der Waals surface area (Å²) >= 11 is 0. The average Bonchev–Trinajstić information content (AvgIpc) is 3.02. The molecule has 4 aliphatic carbocycles. The van der Waals surface area contributed by atoms with Crippen molar-refractivity contribution < 1.29 is 54.0 Å². The molecule has 0 unspecified atom stereocenters. The van der Waals surface area contributed by atoms with Gasteiger partial charge in [0.05, 0.1) is 16.8 Å². The van der Waals surface area contributed by atoms with E-state index in [0.717, 1.165) is 57.8 Å². The molecule has 43 heavy (non-hydrogen) atoms. The lowest BCUT2D eigenvalue weighted by Gasteiger charge is -2.65. The summed E-state index contributed by atoms with van der Waals surface area (Å²) in [6.45, 7) is 1.82. The average molecular weight is 671 g/mol. The number of hydrogen-bond acceptors (Lipinski definition) is 12. The zero-order valence-electron chi connectivity index (χ0n) is 28.1. The molecule has 4 bridgehead atoms. The fourth-order valence-electron chi connectivity index (χ4n) is 8.06. The van der Waals surface area contributed by atoms with Crippen LogP contribution in [0.1, 0.15) is 57.8 Å². The van der Waals surface area contributed by atoms with Gasteiger partial charge in [0, 0.05) is 121 Å². The monoisotopic (exact) mass is 670 g/mol. The van der Waals surface area contributed by atoms with Gasteiger partial charge in [0.1, 0.15) is 0 Å². The highest BCUT2D eigenvalue weighted by atomic mass is 28.4. The van der Waals surface area contributed by atoms with Crippen molar-refractivity contribution in [3.63, 3.8) is 0 Å². The Morgan fingerprint density at radius 3 is 0.860 bits per heavy atom. The van der Waals surface area contributed by atoms with E-state index >= 15 is 0 Å². The van der Waals surface area contributed by atoms with Crippen LogP contribution in [0.25, 0.3) is 0 Å². The third kappa shape index (κ3) is 8.96. The quantitative estimate of drug-likeness (QED) is 0.109. The van der Waals surface area contributed by atoms with Crippen LogP contribution in [0.4, 0.5) is 0 Å². The van der Waals surface area contributed by atoms with Gasteiger partial charge in [-0.1, -0.05) is 0 Å². The normalized spacial score (nSPS) is 29.1. The van der Waals surface area contributed by atoms with Gasteiger partial charge >= 0.3 is 26.4 Å². The van der Waals surface area contributed by atoms with Crippen molar-refractivity contribution >= 4 is 26.4 Å². The van der Waals surface area contributed by atoms with E-state index < -0.39 is 26.4 Å². The molecule has 0 aliphatic heterocycles. The lowest BCUT2D eigenvalue weighted by atomic mass is 9.50. The Morgan fingerprint density at radius 1 is 0.419 bits per heavy atom. The number of hydrogen-bond donors (Lipinski definition) is 0. The first-order chi connectivity index (χ1) is 20.6. The SMILES string of the molecule is CO[Si](CCCOC12CC3CC(OCCC[Si](OC)(OC)OC)(C1)CC(OCCC[Si](OC)(OC)OC)(C3)C2)(OC)OC. The van der Waals surface area contributed by atoms with Crippen molar-refractivity contribution in [2.24, 2.45) is 5.92 Å². The lowest BCUT2D eigenvalue weighted by molar-refractivity contribution is -0.290. The minimum Gasteiger partial charge on any atom is -0.377 e. The third-order valence-corrected chi connectivity index (χ3v) is 18.3. The summed E-state index contributed by atoms with van der Waals surface area (Å²) in [4.78, 5) is 0. The van der Waals surface area contributed by atoms with E-state index in [0.29, 0.717) is 43.9 Å². The Balaban J connectivity index is 1.70. The lowest BCUT2D eigenvalue weighted by Crippen LogP contribution is -2.68. The van der Waals surface area contributed by atoms with E-state index in [1.807, 2.05) is 0 Å². The topological polar surface area (TPSA) is 111 Å². The Bertz CT molecular complexity index is 689. The highest BCUT2D eigenvalue weighted by Crippen LogP contribution is 2.63. The summed E-state index contributed by atoms with van der Waals surface area (Å²) in [6.07, 6.45) is 8.11. The molecule has 0 N–H and O–H groups in total. The molecule has 0 radical (unpaired) electrons. The second-order valence-electron chi connectivity index (χ2n) is 12.3. The predicted octanol–water partition coefficient (Wildman–Crippen LogP) is 4.05. The van der Waals surface area contributed by atoms with Gasteiger partial charge in [0.25, 0.3) is 0 Å². The van der Waals surface area contributed by atoms with Crippen LogP contribution in [0, 0.1) is 5.92 Å². The van der Waals surface area contributed by atoms with E-state index in [2.05, 4.69) is 0 Å². The molecular weight excluding hydrogens is 613 g/mol. The van der Waals surface area contributed by atoms with Crippen LogP contribution in [0.15, 0.2) is 0 Å². The number of ether oxygens (including phenoxy) is 3. The summed E-state index contributed by atoms with van der Waals surface area (Å²) in [5.74, 6) is 0.484. The molecule has 4 fully saturated rings. The second kappa shape index (κ2) is 16.3. The summed E-state index contributed by atoms with van der Waals surface area (Å²) in [5.41, 5.74) is -0.860. The molecule has 0 saturated heterocycles. The largest absolute Gasteiger partial charge is 0.500 e. The van der Waals surface area contributed by atoms with Gasteiger partial charge in [-0.05, 0) is 44.4 Å². The van der Waals surface area contributed by atoms with E-state index in [9.17, 15) is 0 Å². The van der Waals surface area contributed by atoms with Crippen LogP contribution < -0.4 is 0 Å². The zero-order valence-corrected chi connectivity index (χ0v) is 31.1. The maximum absolute atomic E-state index is 6.84. The highest BCUT2D eigenvalue weighted by molar-refractivity contribution is 6.61. The van der Waals surface area contributed by atoms with Crippen molar-refractivity contribution in [1.82, 2.24) is 0 Å². The first-order valence-electron chi connectivity index (χ1n) is 15.5. The van der Waals surface area contributed by atoms with Gasteiger partial charge in [-0.3, -0.25) is 0 Å². The Labute approximate surface area is 262 Å². The molecule has 0 amide bonds. The van der Waals surface area contributed by atoms with Crippen LogP contribution >= 0.6 is 0 Å². The van der Waals surface area contributed by atoms with Gasteiger partial charge in [-0.2, -0.15) is 0 Å². The van der Waals surface area contributed by atoms with Gasteiger partial charge in [0.15, 0.2) is 0 Å². The first-order valence-corrected chi connectivity index (χ1v) is 21.3. The van der Waals surface area contributed by atoms with Crippen LogP contribution in [0.3, 0.4) is 0 Å². The molecule has 4 aliphatic rings. The molecule has 12 nitrogen and oxygen atoms in total. The van der Waals surface area contributed by atoms with E-state index in [4.69, 9.17) is 54.0 Å². The standard InChI is InChI=1S/C28H58O12Si3/c1-29-41(30-2,31-3)16-10-13-38-26-19-25-20-27(22-26,39-14-11-17-42(32-4,33-5)34-6)24-28(21-25,23-26)40-15-12-18-43(35-7,36-8)37-9/h25H,10-24H2,1-9H3. The maximum atomic E-state index is 6.84. The van der Waals surface area contributed by atoms with E-state index in [1.54, 1.807) is 64.0 Å². The first kappa shape index (κ1) is 37.6. The van der Waals surface area contributed by atoms with E-state index in [-0.39, 0.29) is 16.8 Å². The van der Waals surface area contributed by atoms with Crippen LogP contribution in [0.2, 0.25) is 18.1 Å². The fraction of sp³-hybridized carbons (Fsp3) is 1.00. The molecule has 0 aromatic carbocycles. The minimum absolute atomic E-state index is 0.287. The Morgan fingerprint density at radius 2 is 0.651 bits per heavy atom. The van der Waals surface area contributed by atoms with Crippen LogP contribution in [-0.2, 0) is 54.0 Å². The van der Waals surface area contributed by atoms with Crippen LogP contribution in [-0.4, -0.2) is 127 Å². The van der Waals surface area contributed by atoms with Crippen molar-refractivity contribution in [3.8, 4) is 0 Å². The van der Waals surface area contributed by atoms with Crippen LogP contribution in [0.5, 0.6) is 0 Å². The van der Waals surface area contributed by atoms with Crippen molar-refractivity contribution in [1.29, 1.82) is 0 Å². The van der Waals surface area contributed by atoms with Crippen molar-refractivity contribution in [2.45, 2.75) is 92.7 Å².